The molecular weight excluding hydrogens is 544 g/mol. The zero-order chi connectivity index (χ0) is 31.1. The van der Waals surface area contributed by atoms with Gasteiger partial charge < -0.3 is 19.3 Å². The van der Waals surface area contributed by atoms with E-state index in [0.29, 0.717) is 0 Å². The Morgan fingerprint density at radius 2 is 1.65 bits per heavy atom. The third kappa shape index (κ3) is 8.68. The third-order valence-electron chi connectivity index (χ3n) is 8.37. The predicted molar refractivity (Wildman–Crippen MR) is 164 cm³/mol. The number of benzene rings is 2. The number of Topliss-reactive ketones (excluding diaryl/α,β-unsaturated/α-hetero) is 1. The molecule has 43 heavy (non-hydrogen) atoms. The summed E-state index contributed by atoms with van der Waals surface area (Å²) < 4.78 is 11.1. The molecule has 1 heterocycles. The van der Waals surface area contributed by atoms with Gasteiger partial charge in [-0.05, 0) is 68.6 Å². The summed E-state index contributed by atoms with van der Waals surface area (Å²) in [6, 6.07) is 16.9. The molecule has 3 atom stereocenters. The maximum absolute atomic E-state index is 14.1. The predicted octanol–water partition coefficient (Wildman–Crippen LogP) is 5.92. The topological polar surface area (TPSA) is 93.2 Å². The van der Waals surface area contributed by atoms with E-state index < -0.39 is 29.6 Å². The molecule has 1 fully saturated rings. The second-order valence-corrected chi connectivity index (χ2v) is 13.1. The summed E-state index contributed by atoms with van der Waals surface area (Å²) >= 11 is 0. The van der Waals surface area contributed by atoms with Crippen LogP contribution in [-0.4, -0.2) is 64.8 Å². The molecule has 0 spiro atoms. The van der Waals surface area contributed by atoms with Crippen molar-refractivity contribution >= 4 is 23.8 Å². The standard InChI is InChI=1S/C35H46N2O6/c1-24(2)29(21-32(39)43-35(3,4)5)33(40)37-19-18-36(34(41)42-23-25-12-7-6-8-13-25)22-30(37)31(38)20-27-16-11-15-26-14-9-10-17-28(26)27/h6-10,12-14,17,24,27,29-30H,11,15-16,18-23H2,1-5H3/t27-,29-,30-/m0/s1. The Balaban J connectivity index is 1.53. The second-order valence-electron chi connectivity index (χ2n) is 13.1. The smallest absolute Gasteiger partial charge is 0.410 e. The number of ketones is 1. The van der Waals surface area contributed by atoms with Gasteiger partial charge in [0.25, 0.3) is 0 Å². The Labute approximate surface area is 255 Å². The average molecular weight is 591 g/mol. The number of carbonyl (C=O) groups is 4. The molecule has 0 saturated carbocycles. The van der Waals surface area contributed by atoms with Gasteiger partial charge in [0.15, 0.2) is 5.78 Å². The molecule has 2 aromatic carbocycles. The van der Waals surface area contributed by atoms with E-state index in [4.69, 9.17) is 9.47 Å². The molecule has 2 aromatic rings. The summed E-state index contributed by atoms with van der Waals surface area (Å²) in [5, 5.41) is 0. The van der Waals surface area contributed by atoms with Gasteiger partial charge in [0.1, 0.15) is 18.2 Å². The quantitative estimate of drug-likeness (QED) is 0.337. The SMILES string of the molecule is CC(C)[C@H](CC(=O)OC(C)(C)C)C(=O)N1CCN(C(=O)OCc2ccccc2)C[C@H]1C(=O)C[C@@H]1CCCc2ccccc21. The minimum absolute atomic E-state index is 0.0593. The van der Waals surface area contributed by atoms with Gasteiger partial charge in [-0.3, -0.25) is 14.4 Å². The monoisotopic (exact) mass is 590 g/mol. The molecule has 0 aromatic heterocycles. The minimum atomic E-state index is -0.820. The van der Waals surface area contributed by atoms with Crippen molar-refractivity contribution in [2.75, 3.05) is 19.6 Å². The summed E-state index contributed by atoms with van der Waals surface area (Å²) in [5.41, 5.74) is 2.67. The van der Waals surface area contributed by atoms with Crippen molar-refractivity contribution in [1.82, 2.24) is 9.80 Å². The minimum Gasteiger partial charge on any atom is -0.460 e. The summed E-state index contributed by atoms with van der Waals surface area (Å²) in [7, 11) is 0. The molecule has 0 unspecified atom stereocenters. The first-order valence-electron chi connectivity index (χ1n) is 15.5. The Hall–Kier alpha value is -3.68. The highest BCUT2D eigenvalue weighted by Gasteiger charge is 2.41. The van der Waals surface area contributed by atoms with Gasteiger partial charge in [-0.1, -0.05) is 68.4 Å². The summed E-state index contributed by atoms with van der Waals surface area (Å²) in [6.45, 7) is 9.81. The molecule has 4 rings (SSSR count). The summed E-state index contributed by atoms with van der Waals surface area (Å²) in [4.78, 5) is 57.2. The number of hydrogen-bond acceptors (Lipinski definition) is 6. The fourth-order valence-electron chi connectivity index (χ4n) is 6.13. The van der Waals surface area contributed by atoms with Crippen LogP contribution >= 0.6 is 0 Å². The third-order valence-corrected chi connectivity index (χ3v) is 8.37. The normalized spacial score (nSPS) is 19.4. The van der Waals surface area contributed by atoms with Crippen LogP contribution in [-0.2, 0) is 36.9 Å². The lowest BCUT2D eigenvalue weighted by Crippen LogP contribution is -2.61. The number of fused-ring (bicyclic) bond motifs is 1. The lowest BCUT2D eigenvalue weighted by atomic mass is 9.79. The molecule has 8 nitrogen and oxygen atoms in total. The molecule has 0 N–H and O–H groups in total. The van der Waals surface area contributed by atoms with Crippen molar-refractivity contribution in [3.8, 4) is 0 Å². The van der Waals surface area contributed by atoms with Crippen molar-refractivity contribution in [1.29, 1.82) is 0 Å². The van der Waals surface area contributed by atoms with E-state index >= 15 is 0 Å². The van der Waals surface area contributed by atoms with E-state index in [1.54, 1.807) is 25.7 Å². The average Bonchev–Trinajstić information content (AvgIpc) is 2.97. The molecular formula is C35H46N2O6. The first-order chi connectivity index (χ1) is 20.4. The molecule has 2 amide bonds. The van der Waals surface area contributed by atoms with Crippen LogP contribution in [0.5, 0.6) is 0 Å². The van der Waals surface area contributed by atoms with Crippen molar-refractivity contribution in [3.05, 3.63) is 71.3 Å². The van der Waals surface area contributed by atoms with E-state index in [1.807, 2.05) is 56.3 Å². The van der Waals surface area contributed by atoms with Crippen LogP contribution in [0.3, 0.4) is 0 Å². The zero-order valence-corrected chi connectivity index (χ0v) is 26.2. The molecule has 0 bridgehead atoms. The Kier molecular flexibility index (Phi) is 10.6. The number of aryl methyl sites for hydroxylation is 1. The Bertz CT molecular complexity index is 1280. The fourth-order valence-corrected chi connectivity index (χ4v) is 6.13. The van der Waals surface area contributed by atoms with Gasteiger partial charge in [-0.15, -0.1) is 0 Å². The van der Waals surface area contributed by atoms with Gasteiger partial charge in [-0.25, -0.2) is 4.79 Å². The van der Waals surface area contributed by atoms with Crippen LogP contribution in [0.1, 0.15) is 82.9 Å². The molecule has 1 aliphatic heterocycles. The second kappa shape index (κ2) is 14.2. The fraction of sp³-hybridized carbons (Fsp3) is 0.543. The number of esters is 1. The Morgan fingerprint density at radius 1 is 0.953 bits per heavy atom. The van der Waals surface area contributed by atoms with Crippen molar-refractivity contribution in [2.24, 2.45) is 11.8 Å². The van der Waals surface area contributed by atoms with Gasteiger partial charge in [0, 0.05) is 19.5 Å². The lowest BCUT2D eigenvalue weighted by molar-refractivity contribution is -0.160. The van der Waals surface area contributed by atoms with Crippen LogP contribution in [0, 0.1) is 11.8 Å². The first kappa shape index (κ1) is 32.2. The molecule has 1 saturated heterocycles. The number of ether oxygens (including phenoxy) is 2. The van der Waals surface area contributed by atoms with Crippen LogP contribution in [0.15, 0.2) is 54.6 Å². The van der Waals surface area contributed by atoms with Gasteiger partial charge in [0.2, 0.25) is 5.91 Å². The van der Waals surface area contributed by atoms with E-state index in [9.17, 15) is 19.2 Å². The lowest BCUT2D eigenvalue weighted by Gasteiger charge is -2.42. The van der Waals surface area contributed by atoms with E-state index in [-0.39, 0.29) is 62.6 Å². The van der Waals surface area contributed by atoms with E-state index in [0.717, 1.165) is 24.8 Å². The largest absolute Gasteiger partial charge is 0.460 e. The molecule has 2 aliphatic rings. The Morgan fingerprint density at radius 3 is 2.35 bits per heavy atom. The summed E-state index contributed by atoms with van der Waals surface area (Å²) in [5.74, 6) is -1.48. The van der Waals surface area contributed by atoms with Crippen LogP contribution in [0.4, 0.5) is 4.79 Å². The maximum atomic E-state index is 14.1. The van der Waals surface area contributed by atoms with Crippen molar-refractivity contribution in [3.63, 3.8) is 0 Å². The van der Waals surface area contributed by atoms with Gasteiger partial charge >= 0.3 is 12.1 Å². The number of rotatable bonds is 9. The summed E-state index contributed by atoms with van der Waals surface area (Å²) in [6.07, 6.45) is 2.62. The molecule has 0 radical (unpaired) electrons. The van der Waals surface area contributed by atoms with Crippen LogP contribution in [0.25, 0.3) is 0 Å². The number of carbonyl (C=O) groups excluding carboxylic acids is 4. The highest BCUT2D eigenvalue weighted by Crippen LogP contribution is 2.35. The van der Waals surface area contributed by atoms with E-state index in [1.165, 1.54) is 16.0 Å². The maximum Gasteiger partial charge on any atom is 0.410 e. The molecule has 232 valence electrons. The zero-order valence-electron chi connectivity index (χ0n) is 26.2. The van der Waals surface area contributed by atoms with Crippen molar-refractivity contribution in [2.45, 2.75) is 90.9 Å². The van der Waals surface area contributed by atoms with Gasteiger partial charge in [0.05, 0.1) is 18.9 Å². The highest BCUT2D eigenvalue weighted by atomic mass is 16.6. The number of hydrogen-bond donors (Lipinski definition) is 0. The number of amides is 2. The highest BCUT2D eigenvalue weighted by molar-refractivity contribution is 5.92. The van der Waals surface area contributed by atoms with Crippen LogP contribution in [0.2, 0.25) is 0 Å². The number of piperazine rings is 1. The van der Waals surface area contributed by atoms with Crippen molar-refractivity contribution < 1.29 is 28.7 Å². The van der Waals surface area contributed by atoms with Gasteiger partial charge in [-0.2, -0.15) is 0 Å². The first-order valence-corrected chi connectivity index (χ1v) is 15.5. The van der Waals surface area contributed by atoms with Crippen LogP contribution < -0.4 is 0 Å². The molecule has 1 aliphatic carbocycles. The van der Waals surface area contributed by atoms with E-state index in [2.05, 4.69) is 12.1 Å². The molecule has 8 heteroatoms. The number of nitrogens with zero attached hydrogens (tertiary/aromatic N) is 2.